The highest BCUT2D eigenvalue weighted by atomic mass is 16.2. The molecule has 5 heteroatoms. The Labute approximate surface area is 124 Å². The summed E-state index contributed by atoms with van der Waals surface area (Å²) >= 11 is 0. The first-order valence-corrected chi connectivity index (χ1v) is 7.01. The van der Waals surface area contributed by atoms with Crippen LogP contribution < -0.4 is 4.90 Å². The maximum absolute atomic E-state index is 12.2. The largest absolute Gasteiger partial charge is 0.349 e. The number of rotatable bonds is 4. The van der Waals surface area contributed by atoms with Gasteiger partial charge in [0, 0.05) is 27.1 Å². The van der Waals surface area contributed by atoms with Crippen LogP contribution in [0.15, 0.2) is 12.1 Å². The average molecular weight is 288 g/mol. The van der Waals surface area contributed by atoms with Crippen molar-refractivity contribution < 1.29 is 14.4 Å². The fourth-order valence-corrected chi connectivity index (χ4v) is 2.59. The van der Waals surface area contributed by atoms with Crippen LogP contribution in [-0.2, 0) is 9.59 Å². The van der Waals surface area contributed by atoms with E-state index in [0.29, 0.717) is 30.6 Å². The van der Waals surface area contributed by atoms with Crippen LogP contribution in [0.3, 0.4) is 0 Å². The number of Topliss-reactive ketones (excluding diaryl/α,β-unsaturated/α-hetero) is 1. The summed E-state index contributed by atoms with van der Waals surface area (Å²) in [4.78, 5) is 38.9. The average Bonchev–Trinajstić information content (AvgIpc) is 2.68. The lowest BCUT2D eigenvalue weighted by Gasteiger charge is -2.19. The monoisotopic (exact) mass is 288 g/mol. The summed E-state index contributed by atoms with van der Waals surface area (Å²) in [6, 6.07) is 3.77. The van der Waals surface area contributed by atoms with Crippen molar-refractivity contribution in [3.05, 3.63) is 28.8 Å². The molecule has 0 N–H and O–H groups in total. The van der Waals surface area contributed by atoms with E-state index in [9.17, 15) is 14.4 Å². The van der Waals surface area contributed by atoms with Gasteiger partial charge in [0.05, 0.1) is 11.3 Å². The Balaban J connectivity index is 2.20. The fourth-order valence-electron chi connectivity index (χ4n) is 2.59. The van der Waals surface area contributed by atoms with Crippen molar-refractivity contribution in [3.63, 3.8) is 0 Å². The SMILES string of the molecule is Cc1ccc(C)c2c1C(=O)C(=O)N2CCCC(=O)N(C)C. The Morgan fingerprint density at radius 1 is 1.14 bits per heavy atom. The lowest BCUT2D eigenvalue weighted by atomic mass is 10.0. The van der Waals surface area contributed by atoms with Crippen LogP contribution in [-0.4, -0.2) is 43.1 Å². The Kier molecular flexibility index (Phi) is 4.11. The Morgan fingerprint density at radius 2 is 1.76 bits per heavy atom. The van der Waals surface area contributed by atoms with E-state index in [1.165, 1.54) is 9.80 Å². The van der Waals surface area contributed by atoms with E-state index in [-0.39, 0.29) is 5.91 Å². The van der Waals surface area contributed by atoms with E-state index >= 15 is 0 Å². The molecule has 0 spiro atoms. The van der Waals surface area contributed by atoms with E-state index in [0.717, 1.165) is 11.1 Å². The maximum Gasteiger partial charge on any atom is 0.299 e. The first kappa shape index (κ1) is 15.2. The van der Waals surface area contributed by atoms with Crippen LogP contribution in [0.2, 0.25) is 0 Å². The molecule has 0 aromatic heterocycles. The molecule has 21 heavy (non-hydrogen) atoms. The molecule has 112 valence electrons. The number of amides is 2. The van der Waals surface area contributed by atoms with Gasteiger partial charge in [0.2, 0.25) is 5.91 Å². The molecule has 0 saturated carbocycles. The van der Waals surface area contributed by atoms with Crippen molar-refractivity contribution in [2.45, 2.75) is 26.7 Å². The molecule has 0 bridgehead atoms. The van der Waals surface area contributed by atoms with Crippen molar-refractivity contribution in [2.75, 3.05) is 25.5 Å². The number of carbonyl (C=O) groups excluding carboxylic acids is 3. The molecule has 0 unspecified atom stereocenters. The van der Waals surface area contributed by atoms with E-state index in [1.54, 1.807) is 14.1 Å². The van der Waals surface area contributed by atoms with Gasteiger partial charge in [0.1, 0.15) is 0 Å². The zero-order chi connectivity index (χ0) is 15.7. The molecule has 0 radical (unpaired) electrons. The number of benzene rings is 1. The predicted molar refractivity (Wildman–Crippen MR) is 80.5 cm³/mol. The summed E-state index contributed by atoms with van der Waals surface area (Å²) in [7, 11) is 3.41. The molecule has 1 aromatic rings. The third kappa shape index (κ3) is 2.68. The van der Waals surface area contributed by atoms with Gasteiger partial charge in [-0.2, -0.15) is 0 Å². The molecular weight excluding hydrogens is 268 g/mol. The lowest BCUT2D eigenvalue weighted by molar-refractivity contribution is -0.128. The second-order valence-electron chi connectivity index (χ2n) is 5.60. The normalized spacial score (nSPS) is 13.6. The van der Waals surface area contributed by atoms with Gasteiger partial charge in [-0.25, -0.2) is 0 Å². The zero-order valence-corrected chi connectivity index (χ0v) is 12.9. The standard InChI is InChI=1S/C16H20N2O3/c1-10-7-8-11(2)14-13(10)15(20)16(21)18(14)9-5-6-12(19)17(3)4/h7-8H,5-6,9H2,1-4H3. The Hall–Kier alpha value is -2.17. The van der Waals surface area contributed by atoms with Crippen LogP contribution in [0.1, 0.15) is 34.3 Å². The second-order valence-corrected chi connectivity index (χ2v) is 5.60. The summed E-state index contributed by atoms with van der Waals surface area (Å²) in [6.45, 7) is 4.12. The molecule has 0 fully saturated rings. The first-order valence-electron chi connectivity index (χ1n) is 7.01. The number of carbonyl (C=O) groups is 3. The number of nitrogens with zero attached hydrogens (tertiary/aromatic N) is 2. The Bertz CT molecular complexity index is 620. The third-order valence-electron chi connectivity index (χ3n) is 3.80. The summed E-state index contributed by atoms with van der Waals surface area (Å²) < 4.78 is 0. The summed E-state index contributed by atoms with van der Waals surface area (Å²) in [5, 5.41) is 0. The van der Waals surface area contributed by atoms with Crippen LogP contribution in [0.25, 0.3) is 0 Å². The minimum absolute atomic E-state index is 0.0224. The third-order valence-corrected chi connectivity index (χ3v) is 3.80. The van der Waals surface area contributed by atoms with E-state index in [1.807, 2.05) is 26.0 Å². The van der Waals surface area contributed by atoms with E-state index in [4.69, 9.17) is 0 Å². The highest BCUT2D eigenvalue weighted by molar-refractivity contribution is 6.52. The van der Waals surface area contributed by atoms with Crippen molar-refractivity contribution >= 4 is 23.3 Å². The van der Waals surface area contributed by atoms with Crippen molar-refractivity contribution in [1.82, 2.24) is 4.90 Å². The van der Waals surface area contributed by atoms with Gasteiger partial charge in [-0.15, -0.1) is 0 Å². The van der Waals surface area contributed by atoms with Crippen LogP contribution in [0.4, 0.5) is 5.69 Å². The van der Waals surface area contributed by atoms with Crippen molar-refractivity contribution in [2.24, 2.45) is 0 Å². The van der Waals surface area contributed by atoms with E-state index in [2.05, 4.69) is 0 Å². The fraction of sp³-hybridized carbons (Fsp3) is 0.438. The van der Waals surface area contributed by atoms with Crippen LogP contribution >= 0.6 is 0 Å². The topological polar surface area (TPSA) is 57.7 Å². The van der Waals surface area contributed by atoms with Crippen LogP contribution in [0.5, 0.6) is 0 Å². The molecule has 1 aromatic carbocycles. The number of ketones is 1. The predicted octanol–water partition coefficient (Wildman–Crippen LogP) is 1.70. The van der Waals surface area contributed by atoms with E-state index < -0.39 is 11.7 Å². The number of fused-ring (bicyclic) bond motifs is 1. The number of anilines is 1. The Morgan fingerprint density at radius 3 is 2.38 bits per heavy atom. The minimum atomic E-state index is -0.486. The second kappa shape index (κ2) is 5.68. The van der Waals surface area contributed by atoms with Crippen molar-refractivity contribution in [3.8, 4) is 0 Å². The summed E-state index contributed by atoms with van der Waals surface area (Å²) in [6.07, 6.45) is 0.911. The molecule has 2 rings (SSSR count). The molecule has 0 atom stereocenters. The smallest absolute Gasteiger partial charge is 0.299 e. The molecule has 5 nitrogen and oxygen atoms in total. The van der Waals surface area contributed by atoms with Gasteiger partial charge >= 0.3 is 0 Å². The van der Waals surface area contributed by atoms with Crippen LogP contribution in [0, 0.1) is 13.8 Å². The molecule has 1 heterocycles. The summed E-state index contributed by atoms with van der Waals surface area (Å²) in [5.74, 6) is -0.904. The molecule has 1 aliphatic heterocycles. The number of hydrogen-bond donors (Lipinski definition) is 0. The first-order chi connectivity index (χ1) is 9.84. The lowest BCUT2D eigenvalue weighted by Crippen LogP contribution is -2.32. The van der Waals surface area contributed by atoms with Crippen molar-refractivity contribution in [1.29, 1.82) is 0 Å². The maximum atomic E-state index is 12.2. The minimum Gasteiger partial charge on any atom is -0.349 e. The highest BCUT2D eigenvalue weighted by Crippen LogP contribution is 2.34. The van der Waals surface area contributed by atoms with Gasteiger partial charge in [0.25, 0.3) is 11.7 Å². The zero-order valence-electron chi connectivity index (χ0n) is 12.9. The van der Waals surface area contributed by atoms with Gasteiger partial charge in [-0.1, -0.05) is 12.1 Å². The highest BCUT2D eigenvalue weighted by Gasteiger charge is 2.37. The molecule has 0 saturated heterocycles. The quantitative estimate of drug-likeness (QED) is 0.792. The molecule has 0 aliphatic carbocycles. The number of aryl methyl sites for hydroxylation is 2. The number of hydrogen-bond acceptors (Lipinski definition) is 3. The molecular formula is C16H20N2O3. The van der Waals surface area contributed by atoms with Gasteiger partial charge in [-0.3, -0.25) is 14.4 Å². The molecule has 1 aliphatic rings. The van der Waals surface area contributed by atoms with Gasteiger partial charge in [-0.05, 0) is 31.4 Å². The van der Waals surface area contributed by atoms with Gasteiger partial charge < -0.3 is 9.80 Å². The van der Waals surface area contributed by atoms with Gasteiger partial charge in [0.15, 0.2) is 0 Å². The summed E-state index contributed by atoms with van der Waals surface area (Å²) in [5.41, 5.74) is 2.95. The molecule has 2 amide bonds.